The first kappa shape index (κ1) is 8.46. The van der Waals surface area contributed by atoms with E-state index in [1.807, 2.05) is 26.2 Å². The molecule has 3 nitrogen and oxygen atoms in total. The van der Waals surface area contributed by atoms with Gasteiger partial charge in [-0.1, -0.05) is 18.2 Å². The minimum absolute atomic E-state index is 0.186. The third kappa shape index (κ3) is 1.50. The SMILES string of the molecule is CN(C)C1(NN)C=CC=CC1. The Kier molecular flexibility index (Phi) is 2.44. The second-order valence-corrected chi connectivity index (χ2v) is 2.95. The monoisotopic (exact) mass is 153 g/mol. The van der Waals surface area contributed by atoms with Crippen LogP contribution in [0, 0.1) is 0 Å². The second kappa shape index (κ2) is 3.17. The minimum atomic E-state index is -0.186. The zero-order valence-electron chi connectivity index (χ0n) is 7.04. The quantitative estimate of drug-likeness (QED) is 0.339. The van der Waals surface area contributed by atoms with E-state index in [-0.39, 0.29) is 5.66 Å². The van der Waals surface area contributed by atoms with Gasteiger partial charge in [0.15, 0.2) is 0 Å². The van der Waals surface area contributed by atoms with E-state index in [0.717, 1.165) is 6.42 Å². The van der Waals surface area contributed by atoms with Crippen LogP contribution in [0.1, 0.15) is 6.42 Å². The number of likely N-dealkylation sites (N-methyl/N-ethyl adjacent to an activating group) is 1. The van der Waals surface area contributed by atoms with Gasteiger partial charge in [-0.3, -0.25) is 10.7 Å². The van der Waals surface area contributed by atoms with Gasteiger partial charge in [0.2, 0.25) is 0 Å². The smallest absolute Gasteiger partial charge is 0.106 e. The van der Waals surface area contributed by atoms with E-state index in [9.17, 15) is 0 Å². The first-order valence-electron chi connectivity index (χ1n) is 3.71. The van der Waals surface area contributed by atoms with Crippen molar-refractivity contribution in [3.8, 4) is 0 Å². The number of nitrogens with zero attached hydrogens (tertiary/aromatic N) is 1. The highest BCUT2D eigenvalue weighted by molar-refractivity contribution is 5.19. The average molecular weight is 153 g/mol. The van der Waals surface area contributed by atoms with Crippen LogP contribution in [-0.2, 0) is 0 Å². The molecular weight excluding hydrogens is 138 g/mol. The molecule has 0 aromatic rings. The van der Waals surface area contributed by atoms with Crippen LogP contribution in [0.25, 0.3) is 0 Å². The number of nitrogens with two attached hydrogens (primary N) is 1. The Hall–Kier alpha value is -0.640. The van der Waals surface area contributed by atoms with Gasteiger partial charge in [-0.15, -0.1) is 0 Å². The summed E-state index contributed by atoms with van der Waals surface area (Å²) in [7, 11) is 4.01. The Morgan fingerprint density at radius 2 is 2.18 bits per heavy atom. The van der Waals surface area contributed by atoms with Crippen molar-refractivity contribution in [2.45, 2.75) is 12.1 Å². The predicted molar refractivity (Wildman–Crippen MR) is 46.6 cm³/mol. The van der Waals surface area contributed by atoms with E-state index in [1.165, 1.54) is 0 Å². The maximum absolute atomic E-state index is 5.46. The van der Waals surface area contributed by atoms with Crippen LogP contribution in [0.3, 0.4) is 0 Å². The van der Waals surface area contributed by atoms with Crippen molar-refractivity contribution in [3.63, 3.8) is 0 Å². The molecule has 0 saturated heterocycles. The summed E-state index contributed by atoms with van der Waals surface area (Å²) in [6, 6.07) is 0. The first-order chi connectivity index (χ1) is 5.21. The zero-order valence-corrected chi connectivity index (χ0v) is 7.04. The van der Waals surface area contributed by atoms with E-state index < -0.39 is 0 Å². The summed E-state index contributed by atoms with van der Waals surface area (Å²) in [4.78, 5) is 2.06. The normalized spacial score (nSPS) is 29.8. The van der Waals surface area contributed by atoms with Gasteiger partial charge in [0.1, 0.15) is 5.66 Å². The van der Waals surface area contributed by atoms with E-state index in [0.29, 0.717) is 0 Å². The van der Waals surface area contributed by atoms with Gasteiger partial charge in [-0.05, 0) is 20.2 Å². The van der Waals surface area contributed by atoms with Crippen LogP contribution in [0.2, 0.25) is 0 Å². The largest absolute Gasteiger partial charge is 0.287 e. The van der Waals surface area contributed by atoms with Crippen molar-refractivity contribution in [2.24, 2.45) is 5.84 Å². The van der Waals surface area contributed by atoms with Gasteiger partial charge >= 0.3 is 0 Å². The molecule has 3 heteroatoms. The van der Waals surface area contributed by atoms with Crippen LogP contribution >= 0.6 is 0 Å². The molecule has 0 radical (unpaired) electrons. The lowest BCUT2D eigenvalue weighted by atomic mass is 10.0. The third-order valence-corrected chi connectivity index (χ3v) is 2.10. The Balaban J connectivity index is 2.77. The van der Waals surface area contributed by atoms with Gasteiger partial charge in [-0.2, -0.15) is 0 Å². The Morgan fingerprint density at radius 3 is 2.45 bits per heavy atom. The molecule has 1 aliphatic carbocycles. The van der Waals surface area contributed by atoms with Crippen molar-refractivity contribution in [1.82, 2.24) is 10.3 Å². The molecule has 0 aliphatic heterocycles. The minimum Gasteiger partial charge on any atom is -0.287 e. The molecule has 0 spiro atoms. The molecule has 1 rings (SSSR count). The molecule has 0 heterocycles. The van der Waals surface area contributed by atoms with Crippen molar-refractivity contribution in [2.75, 3.05) is 14.1 Å². The van der Waals surface area contributed by atoms with Crippen molar-refractivity contribution in [3.05, 3.63) is 24.3 Å². The summed E-state index contributed by atoms with van der Waals surface area (Å²) < 4.78 is 0. The number of hydrogen-bond donors (Lipinski definition) is 2. The number of hydrogen-bond acceptors (Lipinski definition) is 3. The molecule has 0 amide bonds. The van der Waals surface area contributed by atoms with E-state index in [4.69, 9.17) is 5.84 Å². The summed E-state index contributed by atoms with van der Waals surface area (Å²) in [6.45, 7) is 0. The fraction of sp³-hybridized carbons (Fsp3) is 0.500. The lowest BCUT2D eigenvalue weighted by Crippen LogP contribution is -2.57. The number of hydrazine groups is 1. The maximum Gasteiger partial charge on any atom is 0.106 e. The predicted octanol–water partition coefficient (Wildman–Crippen LogP) is 0.224. The van der Waals surface area contributed by atoms with Crippen LogP contribution in [0.4, 0.5) is 0 Å². The van der Waals surface area contributed by atoms with Crippen LogP contribution in [0.15, 0.2) is 24.3 Å². The standard InChI is InChI=1S/C8H15N3/c1-11(2)8(10-9)6-4-3-5-7-8/h3-6,10H,7,9H2,1-2H3. The molecule has 0 bridgehead atoms. The first-order valence-corrected chi connectivity index (χ1v) is 3.71. The lowest BCUT2D eigenvalue weighted by Gasteiger charge is -2.37. The molecule has 0 aromatic heterocycles. The molecule has 1 atom stereocenters. The summed E-state index contributed by atoms with van der Waals surface area (Å²) in [6.07, 6.45) is 9.10. The Morgan fingerprint density at radius 1 is 1.45 bits per heavy atom. The van der Waals surface area contributed by atoms with Gasteiger partial charge < -0.3 is 0 Å². The van der Waals surface area contributed by atoms with Crippen LogP contribution in [0.5, 0.6) is 0 Å². The fourth-order valence-electron chi connectivity index (χ4n) is 1.18. The molecule has 3 N–H and O–H groups in total. The van der Waals surface area contributed by atoms with Crippen molar-refractivity contribution < 1.29 is 0 Å². The molecule has 1 aliphatic rings. The highest BCUT2D eigenvalue weighted by Crippen LogP contribution is 2.18. The molecular formula is C8H15N3. The molecule has 62 valence electrons. The Bertz CT molecular complexity index is 184. The lowest BCUT2D eigenvalue weighted by molar-refractivity contribution is 0.163. The van der Waals surface area contributed by atoms with E-state index in [2.05, 4.69) is 22.5 Å². The topological polar surface area (TPSA) is 41.3 Å². The van der Waals surface area contributed by atoms with Gasteiger partial charge in [-0.25, -0.2) is 5.43 Å². The van der Waals surface area contributed by atoms with E-state index in [1.54, 1.807) is 0 Å². The molecule has 11 heavy (non-hydrogen) atoms. The Labute approximate surface area is 67.5 Å². The number of allylic oxidation sites excluding steroid dienone is 2. The summed E-state index contributed by atoms with van der Waals surface area (Å²) >= 11 is 0. The van der Waals surface area contributed by atoms with Gasteiger partial charge in [0.05, 0.1) is 0 Å². The van der Waals surface area contributed by atoms with Crippen LogP contribution in [-0.4, -0.2) is 24.7 Å². The van der Waals surface area contributed by atoms with Gasteiger partial charge in [0.25, 0.3) is 0 Å². The summed E-state index contributed by atoms with van der Waals surface area (Å²) in [5, 5.41) is 0. The van der Waals surface area contributed by atoms with Crippen LogP contribution < -0.4 is 11.3 Å². The fourth-order valence-corrected chi connectivity index (χ4v) is 1.18. The van der Waals surface area contributed by atoms with E-state index >= 15 is 0 Å². The number of nitrogens with one attached hydrogen (secondary N) is 1. The van der Waals surface area contributed by atoms with Gasteiger partial charge in [0, 0.05) is 6.42 Å². The maximum atomic E-state index is 5.46. The summed E-state index contributed by atoms with van der Waals surface area (Å²) in [5.41, 5.74) is 2.62. The average Bonchev–Trinajstić information content (AvgIpc) is 2.05. The molecule has 0 aromatic carbocycles. The molecule has 0 fully saturated rings. The highest BCUT2D eigenvalue weighted by Gasteiger charge is 2.27. The third-order valence-electron chi connectivity index (χ3n) is 2.10. The number of rotatable bonds is 2. The second-order valence-electron chi connectivity index (χ2n) is 2.95. The van der Waals surface area contributed by atoms with Crippen molar-refractivity contribution in [1.29, 1.82) is 0 Å². The molecule has 1 unspecified atom stereocenters. The summed E-state index contributed by atoms with van der Waals surface area (Å²) in [5.74, 6) is 5.46. The highest BCUT2D eigenvalue weighted by atomic mass is 15.4. The zero-order chi connectivity index (χ0) is 8.32. The molecule has 0 saturated carbocycles. The van der Waals surface area contributed by atoms with Crippen molar-refractivity contribution >= 4 is 0 Å².